The number of carbonyl (C=O) groups is 2. The second-order valence-electron chi connectivity index (χ2n) is 2.09. The lowest BCUT2D eigenvalue weighted by Crippen LogP contribution is -1.87. The molecule has 0 heterocycles. The molecule has 0 spiro atoms. The minimum absolute atomic E-state index is 0.434. The Morgan fingerprint density at radius 2 is 1.21 bits per heavy atom. The van der Waals surface area contributed by atoms with E-state index in [2.05, 4.69) is 22.6 Å². The van der Waals surface area contributed by atoms with Crippen molar-refractivity contribution >= 4 is 12.9 Å². The first-order valence-corrected chi connectivity index (χ1v) is 4.15. The van der Waals surface area contributed by atoms with Gasteiger partial charge in [0.2, 0.25) is 0 Å². The van der Waals surface area contributed by atoms with Crippen LogP contribution in [0.15, 0.2) is 25.3 Å². The minimum Gasteiger partial charge on any atom is -0.468 e. The van der Waals surface area contributed by atoms with Gasteiger partial charge in [-0.25, -0.2) is 0 Å². The predicted octanol–water partition coefficient (Wildman–Crippen LogP) is 1.47. The second-order valence-corrected chi connectivity index (χ2v) is 2.09. The van der Waals surface area contributed by atoms with Crippen molar-refractivity contribution < 1.29 is 19.1 Å². The largest absolute Gasteiger partial charge is 0.468 e. The zero-order valence-electron chi connectivity index (χ0n) is 8.19. The molecule has 4 nitrogen and oxygen atoms in total. The standard InChI is InChI=1S/2C5H8O2/c2*1-2-3-4-7-5-6/h2*2,5H,1,3-4H2. The molecule has 0 bridgehead atoms. The molecule has 0 aromatic heterocycles. The summed E-state index contributed by atoms with van der Waals surface area (Å²) in [5.74, 6) is 0. The van der Waals surface area contributed by atoms with Gasteiger partial charge in [-0.15, -0.1) is 13.2 Å². The summed E-state index contributed by atoms with van der Waals surface area (Å²) < 4.78 is 8.64. The van der Waals surface area contributed by atoms with E-state index in [1.54, 1.807) is 12.2 Å². The maximum absolute atomic E-state index is 9.42. The molecule has 4 heteroatoms. The second kappa shape index (κ2) is 17.5. The van der Waals surface area contributed by atoms with E-state index in [1.807, 2.05) is 0 Å². The Labute approximate surface area is 84.2 Å². The summed E-state index contributed by atoms with van der Waals surface area (Å²) >= 11 is 0. The molecule has 0 atom stereocenters. The van der Waals surface area contributed by atoms with Gasteiger partial charge in [-0.1, -0.05) is 12.2 Å². The molecule has 0 amide bonds. The smallest absolute Gasteiger partial charge is 0.293 e. The molecule has 0 aliphatic rings. The van der Waals surface area contributed by atoms with Crippen LogP contribution in [0.5, 0.6) is 0 Å². The Balaban J connectivity index is 0. The number of rotatable bonds is 8. The van der Waals surface area contributed by atoms with Gasteiger partial charge in [-0.2, -0.15) is 0 Å². The van der Waals surface area contributed by atoms with Gasteiger partial charge in [0, 0.05) is 0 Å². The molecule has 0 unspecified atom stereocenters. The molecule has 0 radical (unpaired) electrons. The summed E-state index contributed by atoms with van der Waals surface area (Å²) in [5, 5.41) is 0. The van der Waals surface area contributed by atoms with Crippen LogP contribution < -0.4 is 0 Å². The van der Waals surface area contributed by atoms with Crippen molar-refractivity contribution in [2.45, 2.75) is 12.8 Å². The van der Waals surface area contributed by atoms with Gasteiger partial charge >= 0.3 is 0 Å². The van der Waals surface area contributed by atoms with Gasteiger partial charge in [0.05, 0.1) is 13.2 Å². The Bertz CT molecular complexity index is 120. The van der Waals surface area contributed by atoms with Crippen molar-refractivity contribution in [2.24, 2.45) is 0 Å². The quantitative estimate of drug-likeness (QED) is 0.338. The highest BCUT2D eigenvalue weighted by atomic mass is 16.5. The average molecular weight is 200 g/mol. The summed E-state index contributed by atoms with van der Waals surface area (Å²) in [6.07, 6.45) is 4.87. The predicted molar refractivity (Wildman–Crippen MR) is 53.7 cm³/mol. The van der Waals surface area contributed by atoms with Gasteiger partial charge in [0.15, 0.2) is 0 Å². The van der Waals surface area contributed by atoms with Crippen molar-refractivity contribution in [3.63, 3.8) is 0 Å². The van der Waals surface area contributed by atoms with Crippen LogP contribution in [0, 0.1) is 0 Å². The molecular formula is C10H16O4. The van der Waals surface area contributed by atoms with Crippen LogP contribution in [0.3, 0.4) is 0 Å². The van der Waals surface area contributed by atoms with Crippen LogP contribution in [0.25, 0.3) is 0 Å². The van der Waals surface area contributed by atoms with Gasteiger partial charge in [-0.3, -0.25) is 9.59 Å². The maximum Gasteiger partial charge on any atom is 0.293 e. The minimum atomic E-state index is 0.434. The Hall–Kier alpha value is -1.58. The molecule has 0 saturated heterocycles. The average Bonchev–Trinajstić information content (AvgIpc) is 2.21. The van der Waals surface area contributed by atoms with Crippen LogP contribution >= 0.6 is 0 Å². The zero-order valence-corrected chi connectivity index (χ0v) is 8.19. The highest BCUT2D eigenvalue weighted by Crippen LogP contribution is 1.77. The number of carbonyl (C=O) groups excluding carboxylic acids is 2. The van der Waals surface area contributed by atoms with E-state index in [0.717, 1.165) is 12.8 Å². The van der Waals surface area contributed by atoms with Crippen LogP contribution in [0.2, 0.25) is 0 Å². The normalized spacial score (nSPS) is 7.43. The molecule has 0 aliphatic carbocycles. The summed E-state index contributed by atoms with van der Waals surface area (Å²) in [4.78, 5) is 18.8. The van der Waals surface area contributed by atoms with E-state index in [9.17, 15) is 9.59 Å². The van der Waals surface area contributed by atoms with Gasteiger partial charge in [-0.05, 0) is 12.8 Å². The first kappa shape index (κ1) is 14.9. The zero-order chi connectivity index (χ0) is 11.1. The monoisotopic (exact) mass is 200 g/mol. The summed E-state index contributed by atoms with van der Waals surface area (Å²) in [6.45, 7) is 8.64. The van der Waals surface area contributed by atoms with Gasteiger partial charge in [0.25, 0.3) is 12.9 Å². The topological polar surface area (TPSA) is 52.6 Å². The Morgan fingerprint density at radius 1 is 0.857 bits per heavy atom. The fraction of sp³-hybridized carbons (Fsp3) is 0.400. The fourth-order valence-corrected chi connectivity index (χ4v) is 0.399. The van der Waals surface area contributed by atoms with E-state index in [0.29, 0.717) is 26.2 Å². The Kier molecular flexibility index (Phi) is 18.6. The lowest BCUT2D eigenvalue weighted by molar-refractivity contribution is -0.129. The molecule has 14 heavy (non-hydrogen) atoms. The molecule has 0 aliphatic heterocycles. The van der Waals surface area contributed by atoms with E-state index < -0.39 is 0 Å². The van der Waals surface area contributed by atoms with E-state index >= 15 is 0 Å². The van der Waals surface area contributed by atoms with E-state index in [4.69, 9.17) is 0 Å². The summed E-state index contributed by atoms with van der Waals surface area (Å²) in [6, 6.07) is 0. The first-order valence-electron chi connectivity index (χ1n) is 4.15. The van der Waals surface area contributed by atoms with E-state index in [-0.39, 0.29) is 0 Å². The number of hydrogen-bond acceptors (Lipinski definition) is 4. The molecule has 0 rings (SSSR count). The third-order valence-corrected chi connectivity index (χ3v) is 1.02. The fourth-order valence-electron chi connectivity index (χ4n) is 0.399. The molecule has 80 valence electrons. The third kappa shape index (κ3) is 22.4. The van der Waals surface area contributed by atoms with Crippen LogP contribution in [-0.4, -0.2) is 26.2 Å². The van der Waals surface area contributed by atoms with Crippen molar-refractivity contribution in [1.82, 2.24) is 0 Å². The lowest BCUT2D eigenvalue weighted by Gasteiger charge is -1.88. The van der Waals surface area contributed by atoms with Crippen molar-refractivity contribution in [3.05, 3.63) is 25.3 Å². The molecule has 0 aromatic rings. The van der Waals surface area contributed by atoms with Crippen LogP contribution in [0.1, 0.15) is 12.8 Å². The molecule has 0 aromatic carbocycles. The van der Waals surface area contributed by atoms with E-state index in [1.165, 1.54) is 0 Å². The van der Waals surface area contributed by atoms with Crippen LogP contribution in [0.4, 0.5) is 0 Å². The molecular weight excluding hydrogens is 184 g/mol. The highest BCUT2D eigenvalue weighted by Gasteiger charge is 1.75. The number of hydrogen-bond donors (Lipinski definition) is 0. The van der Waals surface area contributed by atoms with Crippen molar-refractivity contribution in [2.75, 3.05) is 13.2 Å². The van der Waals surface area contributed by atoms with Crippen molar-refractivity contribution in [1.29, 1.82) is 0 Å². The lowest BCUT2D eigenvalue weighted by atomic mass is 10.5. The number of ether oxygens (including phenoxy) is 2. The van der Waals surface area contributed by atoms with Crippen molar-refractivity contribution in [3.8, 4) is 0 Å². The molecule has 0 fully saturated rings. The summed E-state index contributed by atoms with van der Waals surface area (Å²) in [5.41, 5.74) is 0. The molecule has 0 N–H and O–H groups in total. The third-order valence-electron chi connectivity index (χ3n) is 1.02. The maximum atomic E-state index is 9.42. The van der Waals surface area contributed by atoms with Crippen LogP contribution in [-0.2, 0) is 19.1 Å². The van der Waals surface area contributed by atoms with Gasteiger partial charge < -0.3 is 9.47 Å². The highest BCUT2D eigenvalue weighted by molar-refractivity contribution is 5.37. The first-order chi connectivity index (χ1) is 6.83. The molecule has 0 saturated carbocycles. The SMILES string of the molecule is C=CCCOC=O.C=CCCOC=O. The Morgan fingerprint density at radius 3 is 1.43 bits per heavy atom. The summed E-state index contributed by atoms with van der Waals surface area (Å²) in [7, 11) is 0. The van der Waals surface area contributed by atoms with Gasteiger partial charge in [0.1, 0.15) is 0 Å².